The minimum Gasteiger partial charge on any atom is -0.475 e. The second kappa shape index (κ2) is 6.76. The number of pyridine rings is 1. The monoisotopic (exact) mass is 317 g/mol. The number of fused-ring (bicyclic) bond motifs is 1. The summed E-state index contributed by atoms with van der Waals surface area (Å²) in [5.74, 6) is 0.553. The first-order valence-corrected chi connectivity index (χ1v) is 8.34. The van der Waals surface area contributed by atoms with E-state index in [2.05, 4.69) is 34.9 Å². The second-order valence-corrected chi connectivity index (χ2v) is 6.46. The number of aromatic nitrogens is 2. The van der Waals surface area contributed by atoms with Crippen molar-refractivity contribution in [1.82, 2.24) is 19.4 Å². The van der Waals surface area contributed by atoms with Gasteiger partial charge in [0.05, 0.1) is 12.1 Å². The van der Waals surface area contributed by atoms with E-state index in [1.807, 2.05) is 17.5 Å². The van der Waals surface area contributed by atoms with E-state index >= 15 is 0 Å². The van der Waals surface area contributed by atoms with E-state index in [9.17, 15) is 0 Å². The van der Waals surface area contributed by atoms with Crippen LogP contribution < -0.4 is 10.5 Å². The van der Waals surface area contributed by atoms with Gasteiger partial charge in [-0.3, -0.25) is 0 Å². The molecular weight excluding hydrogens is 290 g/mol. The summed E-state index contributed by atoms with van der Waals surface area (Å²) in [5, 5.41) is 4.52. The summed E-state index contributed by atoms with van der Waals surface area (Å²) in [6, 6.07) is 4.07. The molecule has 0 amide bonds. The van der Waals surface area contributed by atoms with Gasteiger partial charge >= 0.3 is 0 Å². The molecule has 0 aliphatic carbocycles. The Hall–Kier alpha value is -1.79. The van der Waals surface area contributed by atoms with Crippen LogP contribution in [0, 0.1) is 13.8 Å². The van der Waals surface area contributed by atoms with Crippen molar-refractivity contribution in [1.29, 1.82) is 0 Å². The Bertz CT molecular complexity index is 673. The van der Waals surface area contributed by atoms with Gasteiger partial charge in [-0.15, -0.1) is 5.10 Å². The van der Waals surface area contributed by atoms with Gasteiger partial charge in [-0.1, -0.05) is 6.07 Å². The van der Waals surface area contributed by atoms with E-state index in [-0.39, 0.29) is 0 Å². The number of hydrogen-bond acceptors (Lipinski definition) is 5. The van der Waals surface area contributed by atoms with Gasteiger partial charge in [-0.25, -0.2) is 4.52 Å². The van der Waals surface area contributed by atoms with Crippen LogP contribution in [0.1, 0.15) is 17.7 Å². The Morgan fingerprint density at radius 1 is 1.17 bits per heavy atom. The number of rotatable bonds is 5. The normalized spacial score (nSPS) is 17.0. The molecule has 23 heavy (non-hydrogen) atoms. The van der Waals surface area contributed by atoms with Crippen molar-refractivity contribution in [3.63, 3.8) is 0 Å². The molecule has 0 unspecified atom stereocenters. The summed E-state index contributed by atoms with van der Waals surface area (Å²) in [6.07, 6.45) is 0.995. The standard InChI is InChI=1S/C17H27N5O/c1-13-5-6-15-16(18)17(19-22(15)14(13)2)23-12-4-7-21-10-8-20(3)9-11-21/h5-6H,4,7-12,18H2,1-3H3. The molecule has 0 bridgehead atoms. The highest BCUT2D eigenvalue weighted by Gasteiger charge is 2.15. The third-order valence-electron chi connectivity index (χ3n) is 4.76. The van der Waals surface area contributed by atoms with Crippen LogP contribution in [0.15, 0.2) is 12.1 Å². The molecule has 1 saturated heterocycles. The summed E-state index contributed by atoms with van der Waals surface area (Å²) in [5.41, 5.74) is 10.0. The number of nitrogen functional groups attached to an aromatic ring is 1. The fourth-order valence-corrected chi connectivity index (χ4v) is 2.96. The molecule has 3 rings (SSSR count). The lowest BCUT2D eigenvalue weighted by atomic mass is 10.2. The molecule has 6 heteroatoms. The van der Waals surface area contributed by atoms with Crippen LogP contribution in [-0.4, -0.2) is 65.8 Å². The minimum absolute atomic E-state index is 0.553. The van der Waals surface area contributed by atoms with Crippen LogP contribution in [0.25, 0.3) is 5.52 Å². The fourth-order valence-electron chi connectivity index (χ4n) is 2.96. The van der Waals surface area contributed by atoms with Gasteiger partial charge in [0.15, 0.2) is 0 Å². The number of anilines is 1. The Morgan fingerprint density at radius 3 is 2.65 bits per heavy atom. The topological polar surface area (TPSA) is 59.0 Å². The van der Waals surface area contributed by atoms with Crippen molar-refractivity contribution in [3.05, 3.63) is 23.4 Å². The van der Waals surface area contributed by atoms with Crippen molar-refractivity contribution in [2.45, 2.75) is 20.3 Å². The largest absolute Gasteiger partial charge is 0.475 e. The molecule has 126 valence electrons. The Balaban J connectivity index is 1.55. The first-order chi connectivity index (χ1) is 11.1. The molecule has 6 nitrogen and oxygen atoms in total. The Labute approximate surface area is 137 Å². The highest BCUT2D eigenvalue weighted by atomic mass is 16.5. The van der Waals surface area contributed by atoms with Crippen molar-refractivity contribution in [2.75, 3.05) is 52.1 Å². The molecule has 2 aromatic rings. The molecule has 1 aliphatic heterocycles. The van der Waals surface area contributed by atoms with Crippen LogP contribution in [0.4, 0.5) is 5.69 Å². The van der Waals surface area contributed by atoms with Crippen LogP contribution >= 0.6 is 0 Å². The lowest BCUT2D eigenvalue weighted by molar-refractivity contribution is 0.145. The SMILES string of the molecule is Cc1ccc2c(N)c(OCCCN3CCN(C)CC3)nn2c1C. The van der Waals surface area contributed by atoms with Gasteiger partial charge in [-0.2, -0.15) is 0 Å². The molecule has 2 N–H and O–H groups in total. The van der Waals surface area contributed by atoms with E-state index in [4.69, 9.17) is 10.5 Å². The molecule has 1 fully saturated rings. The van der Waals surface area contributed by atoms with Crippen LogP contribution in [0.3, 0.4) is 0 Å². The molecule has 0 atom stereocenters. The zero-order valence-corrected chi connectivity index (χ0v) is 14.4. The number of ether oxygens (including phenoxy) is 1. The van der Waals surface area contributed by atoms with E-state index in [0.29, 0.717) is 18.2 Å². The number of likely N-dealkylation sites (N-methyl/N-ethyl adjacent to an activating group) is 1. The number of nitrogens with two attached hydrogens (primary N) is 1. The average molecular weight is 317 g/mol. The summed E-state index contributed by atoms with van der Waals surface area (Å²) >= 11 is 0. The fraction of sp³-hybridized carbons (Fsp3) is 0.588. The van der Waals surface area contributed by atoms with E-state index < -0.39 is 0 Å². The summed E-state index contributed by atoms with van der Waals surface area (Å²) in [7, 11) is 2.18. The van der Waals surface area contributed by atoms with Crippen molar-refractivity contribution < 1.29 is 4.74 Å². The highest BCUT2D eigenvalue weighted by molar-refractivity contribution is 5.75. The van der Waals surface area contributed by atoms with Crippen LogP contribution in [-0.2, 0) is 0 Å². The van der Waals surface area contributed by atoms with Gasteiger partial charge in [0.2, 0.25) is 0 Å². The minimum atomic E-state index is 0.553. The van der Waals surface area contributed by atoms with Crippen LogP contribution in [0.2, 0.25) is 0 Å². The molecular formula is C17H27N5O. The summed E-state index contributed by atoms with van der Waals surface area (Å²) in [4.78, 5) is 4.86. The van der Waals surface area contributed by atoms with Gasteiger partial charge in [0.1, 0.15) is 5.69 Å². The Morgan fingerprint density at radius 2 is 1.91 bits per heavy atom. The molecule has 0 radical (unpaired) electrons. The van der Waals surface area contributed by atoms with Crippen molar-refractivity contribution in [2.24, 2.45) is 0 Å². The van der Waals surface area contributed by atoms with Gasteiger partial charge in [-0.05, 0) is 38.9 Å². The third-order valence-corrected chi connectivity index (χ3v) is 4.76. The molecule has 0 spiro atoms. The van der Waals surface area contributed by atoms with Gasteiger partial charge in [0, 0.05) is 38.4 Å². The first kappa shape index (κ1) is 16.1. The smallest absolute Gasteiger partial charge is 0.257 e. The quantitative estimate of drug-likeness (QED) is 0.848. The number of aryl methyl sites for hydroxylation is 2. The van der Waals surface area contributed by atoms with Gasteiger partial charge < -0.3 is 20.3 Å². The number of hydrogen-bond donors (Lipinski definition) is 1. The van der Waals surface area contributed by atoms with E-state index in [0.717, 1.165) is 50.4 Å². The molecule has 0 saturated carbocycles. The Kier molecular flexibility index (Phi) is 4.73. The maximum atomic E-state index is 6.17. The van der Waals surface area contributed by atoms with E-state index in [1.54, 1.807) is 0 Å². The maximum Gasteiger partial charge on any atom is 0.257 e. The lowest BCUT2D eigenvalue weighted by Gasteiger charge is -2.32. The molecule has 3 heterocycles. The maximum absolute atomic E-state index is 6.17. The van der Waals surface area contributed by atoms with Crippen molar-refractivity contribution in [3.8, 4) is 5.88 Å². The zero-order valence-electron chi connectivity index (χ0n) is 14.4. The van der Waals surface area contributed by atoms with Crippen LogP contribution in [0.5, 0.6) is 5.88 Å². The molecule has 0 aromatic carbocycles. The summed E-state index contributed by atoms with van der Waals surface area (Å²) < 4.78 is 7.71. The predicted octanol–water partition coefficient (Wildman–Crippen LogP) is 1.55. The molecule has 2 aromatic heterocycles. The predicted molar refractivity (Wildman–Crippen MR) is 93.1 cm³/mol. The molecule has 1 aliphatic rings. The average Bonchev–Trinajstić information content (AvgIpc) is 2.86. The van der Waals surface area contributed by atoms with Gasteiger partial charge in [0.25, 0.3) is 5.88 Å². The number of piperazine rings is 1. The third kappa shape index (κ3) is 3.43. The zero-order chi connectivity index (χ0) is 16.4. The van der Waals surface area contributed by atoms with Crippen molar-refractivity contribution >= 4 is 11.2 Å². The van der Waals surface area contributed by atoms with E-state index in [1.165, 1.54) is 5.56 Å². The highest BCUT2D eigenvalue weighted by Crippen LogP contribution is 2.27. The first-order valence-electron chi connectivity index (χ1n) is 8.34. The lowest BCUT2D eigenvalue weighted by Crippen LogP contribution is -2.44. The second-order valence-electron chi connectivity index (χ2n) is 6.46. The number of nitrogens with zero attached hydrogens (tertiary/aromatic N) is 4. The summed E-state index contributed by atoms with van der Waals surface area (Å²) in [6.45, 7) is 10.4.